The van der Waals surface area contributed by atoms with Crippen LogP contribution in [0.15, 0.2) is 60.7 Å². The summed E-state index contributed by atoms with van der Waals surface area (Å²) in [5.41, 5.74) is 2.86. The maximum absolute atomic E-state index is 12.2. The van der Waals surface area contributed by atoms with Crippen molar-refractivity contribution in [1.82, 2.24) is 9.78 Å². The summed E-state index contributed by atoms with van der Waals surface area (Å²) in [6.45, 7) is 0. The second kappa shape index (κ2) is 7.52. The number of rotatable bonds is 4. The van der Waals surface area contributed by atoms with Crippen molar-refractivity contribution in [3.05, 3.63) is 66.2 Å². The summed E-state index contributed by atoms with van der Waals surface area (Å²) < 4.78 is 6.34. The minimum atomic E-state index is -0.428. The quantitative estimate of drug-likeness (QED) is 0.705. The Bertz CT molecular complexity index is 918. The summed E-state index contributed by atoms with van der Waals surface area (Å²) in [5.74, 6) is 0.0120. The zero-order valence-corrected chi connectivity index (χ0v) is 14.4. The van der Waals surface area contributed by atoms with Crippen LogP contribution in [0.4, 0.5) is 16.3 Å². The summed E-state index contributed by atoms with van der Waals surface area (Å²) in [7, 11) is 3.13. The number of ether oxygens (including phenoxy) is 1. The van der Waals surface area contributed by atoms with E-state index in [1.165, 1.54) is 7.11 Å². The van der Waals surface area contributed by atoms with Crippen LogP contribution in [0.2, 0.25) is 0 Å². The lowest BCUT2D eigenvalue weighted by atomic mass is 10.1. The Balaban J connectivity index is 1.66. The van der Waals surface area contributed by atoms with Crippen molar-refractivity contribution >= 4 is 23.5 Å². The van der Waals surface area contributed by atoms with Crippen molar-refractivity contribution in [2.45, 2.75) is 0 Å². The summed E-state index contributed by atoms with van der Waals surface area (Å²) in [6, 6.07) is 17.6. The van der Waals surface area contributed by atoms with Crippen molar-refractivity contribution in [1.29, 1.82) is 0 Å². The minimum Gasteiger partial charge on any atom is -0.465 e. The molecule has 0 spiro atoms. The van der Waals surface area contributed by atoms with E-state index in [0.29, 0.717) is 17.1 Å². The molecule has 2 amide bonds. The van der Waals surface area contributed by atoms with E-state index in [4.69, 9.17) is 0 Å². The number of carbonyl (C=O) groups excluding carboxylic acids is 2. The van der Waals surface area contributed by atoms with Gasteiger partial charge in [0.25, 0.3) is 0 Å². The van der Waals surface area contributed by atoms with Gasteiger partial charge in [-0.05, 0) is 29.8 Å². The van der Waals surface area contributed by atoms with Crippen molar-refractivity contribution in [3.63, 3.8) is 0 Å². The standard InChI is InChI=1S/C19H18N4O3/c1-23-16(13-6-4-3-5-7-13)12-17(22-23)21-19(25)20-15-10-8-14(9-11-15)18(24)26-2/h3-12H,1-2H3,(H2,20,21,22,25). The molecule has 7 heteroatoms. The van der Waals surface area contributed by atoms with Crippen LogP contribution in [-0.4, -0.2) is 28.9 Å². The monoisotopic (exact) mass is 350 g/mol. The maximum atomic E-state index is 12.2. The molecule has 0 saturated carbocycles. The van der Waals surface area contributed by atoms with E-state index in [1.807, 2.05) is 37.4 Å². The average Bonchev–Trinajstić information content (AvgIpc) is 3.02. The lowest BCUT2D eigenvalue weighted by Crippen LogP contribution is -2.19. The minimum absolute atomic E-state index is 0.413. The first-order valence-electron chi connectivity index (χ1n) is 7.92. The number of nitrogens with zero attached hydrogens (tertiary/aromatic N) is 2. The topological polar surface area (TPSA) is 85.2 Å². The van der Waals surface area contributed by atoms with Crippen LogP contribution in [0.3, 0.4) is 0 Å². The van der Waals surface area contributed by atoms with Gasteiger partial charge in [-0.3, -0.25) is 10.00 Å². The molecule has 3 rings (SSSR count). The number of methoxy groups -OCH3 is 1. The Morgan fingerprint density at radius 2 is 1.69 bits per heavy atom. The molecular formula is C19H18N4O3. The molecule has 1 heterocycles. The zero-order valence-electron chi connectivity index (χ0n) is 14.4. The number of hydrogen-bond acceptors (Lipinski definition) is 4. The lowest BCUT2D eigenvalue weighted by Gasteiger charge is -2.06. The van der Waals surface area contributed by atoms with Gasteiger partial charge in [-0.25, -0.2) is 9.59 Å². The molecule has 26 heavy (non-hydrogen) atoms. The van der Waals surface area contributed by atoms with Gasteiger partial charge in [0.2, 0.25) is 0 Å². The average molecular weight is 350 g/mol. The molecule has 0 atom stereocenters. The SMILES string of the molecule is COC(=O)c1ccc(NC(=O)Nc2cc(-c3ccccc3)n(C)n2)cc1. The van der Waals surface area contributed by atoms with Crippen molar-refractivity contribution in [3.8, 4) is 11.3 Å². The number of anilines is 2. The highest BCUT2D eigenvalue weighted by atomic mass is 16.5. The fourth-order valence-corrected chi connectivity index (χ4v) is 2.49. The number of hydrogen-bond donors (Lipinski definition) is 2. The van der Waals surface area contributed by atoms with Crippen LogP contribution in [0, 0.1) is 0 Å². The predicted octanol–water partition coefficient (Wildman–Crippen LogP) is 3.52. The van der Waals surface area contributed by atoms with E-state index in [0.717, 1.165) is 11.3 Å². The van der Waals surface area contributed by atoms with Crippen LogP contribution in [0.5, 0.6) is 0 Å². The van der Waals surface area contributed by atoms with Gasteiger partial charge < -0.3 is 10.1 Å². The van der Waals surface area contributed by atoms with Gasteiger partial charge in [-0.1, -0.05) is 30.3 Å². The Morgan fingerprint density at radius 1 is 1.00 bits per heavy atom. The Morgan fingerprint density at radius 3 is 2.35 bits per heavy atom. The van der Waals surface area contributed by atoms with Crippen LogP contribution in [0.25, 0.3) is 11.3 Å². The number of aromatic nitrogens is 2. The van der Waals surface area contributed by atoms with Crippen LogP contribution in [-0.2, 0) is 11.8 Å². The fraction of sp³-hybridized carbons (Fsp3) is 0.105. The number of nitrogens with one attached hydrogen (secondary N) is 2. The molecule has 0 radical (unpaired) electrons. The number of carbonyl (C=O) groups is 2. The number of amides is 2. The molecule has 0 fully saturated rings. The molecular weight excluding hydrogens is 332 g/mol. The fourth-order valence-electron chi connectivity index (χ4n) is 2.49. The van der Waals surface area contributed by atoms with E-state index in [9.17, 15) is 9.59 Å². The van der Waals surface area contributed by atoms with E-state index in [1.54, 1.807) is 35.0 Å². The first-order valence-corrected chi connectivity index (χ1v) is 7.92. The van der Waals surface area contributed by atoms with Crippen molar-refractivity contribution < 1.29 is 14.3 Å². The number of esters is 1. The van der Waals surface area contributed by atoms with Crippen LogP contribution in [0.1, 0.15) is 10.4 Å². The predicted molar refractivity (Wildman–Crippen MR) is 99.1 cm³/mol. The van der Waals surface area contributed by atoms with E-state index in [-0.39, 0.29) is 0 Å². The highest BCUT2D eigenvalue weighted by Gasteiger charge is 2.11. The number of aryl methyl sites for hydroxylation is 1. The zero-order chi connectivity index (χ0) is 18.5. The molecule has 1 aromatic heterocycles. The van der Waals surface area contributed by atoms with E-state index >= 15 is 0 Å². The second-order valence-corrected chi connectivity index (χ2v) is 5.55. The molecule has 0 bridgehead atoms. The summed E-state index contributed by atoms with van der Waals surface area (Å²) in [5, 5.41) is 9.69. The Hall–Kier alpha value is -3.61. The van der Waals surface area contributed by atoms with Crippen molar-refractivity contribution in [2.24, 2.45) is 7.05 Å². The second-order valence-electron chi connectivity index (χ2n) is 5.55. The van der Waals surface area contributed by atoms with Crippen LogP contribution < -0.4 is 10.6 Å². The molecule has 0 unspecified atom stereocenters. The van der Waals surface area contributed by atoms with Gasteiger partial charge in [0.05, 0.1) is 18.4 Å². The molecule has 2 N–H and O–H groups in total. The van der Waals surface area contributed by atoms with Gasteiger partial charge in [0.1, 0.15) is 0 Å². The third-order valence-electron chi connectivity index (χ3n) is 3.75. The molecule has 0 aliphatic rings. The van der Waals surface area contributed by atoms with E-state index < -0.39 is 12.0 Å². The van der Waals surface area contributed by atoms with Gasteiger partial charge >= 0.3 is 12.0 Å². The molecule has 0 saturated heterocycles. The molecule has 7 nitrogen and oxygen atoms in total. The summed E-state index contributed by atoms with van der Waals surface area (Å²) >= 11 is 0. The highest BCUT2D eigenvalue weighted by molar-refractivity contribution is 5.99. The van der Waals surface area contributed by atoms with Gasteiger partial charge in [0, 0.05) is 18.8 Å². The van der Waals surface area contributed by atoms with Crippen LogP contribution >= 0.6 is 0 Å². The maximum Gasteiger partial charge on any atom is 0.337 e. The molecule has 132 valence electrons. The normalized spacial score (nSPS) is 10.2. The third-order valence-corrected chi connectivity index (χ3v) is 3.75. The molecule has 2 aromatic carbocycles. The summed E-state index contributed by atoms with van der Waals surface area (Å²) in [6.07, 6.45) is 0. The lowest BCUT2D eigenvalue weighted by molar-refractivity contribution is 0.0601. The Labute approximate surface area is 150 Å². The Kier molecular flexibility index (Phi) is 4.98. The van der Waals surface area contributed by atoms with Gasteiger partial charge in [-0.15, -0.1) is 0 Å². The molecule has 0 aliphatic carbocycles. The molecule has 3 aromatic rings. The first kappa shape index (κ1) is 17.2. The largest absolute Gasteiger partial charge is 0.465 e. The molecule has 0 aliphatic heterocycles. The highest BCUT2D eigenvalue weighted by Crippen LogP contribution is 2.21. The van der Waals surface area contributed by atoms with Crippen molar-refractivity contribution in [2.75, 3.05) is 17.7 Å². The van der Waals surface area contributed by atoms with Gasteiger partial charge in [-0.2, -0.15) is 5.10 Å². The summed E-state index contributed by atoms with van der Waals surface area (Å²) in [4.78, 5) is 23.6. The third kappa shape index (κ3) is 3.89. The smallest absolute Gasteiger partial charge is 0.337 e. The van der Waals surface area contributed by atoms with E-state index in [2.05, 4.69) is 20.5 Å². The number of urea groups is 1. The van der Waals surface area contributed by atoms with Gasteiger partial charge in [0.15, 0.2) is 5.82 Å². The first-order chi connectivity index (χ1) is 12.6. The number of benzene rings is 2.